The van der Waals surface area contributed by atoms with Gasteiger partial charge in [-0.2, -0.15) is 4.98 Å². The summed E-state index contributed by atoms with van der Waals surface area (Å²) in [6.07, 6.45) is 0.752. The fraction of sp³-hybridized carbons (Fsp3) is 0.500. The largest absolute Gasteiger partial charge is 0.375 e. The molecule has 0 amide bonds. The lowest BCUT2D eigenvalue weighted by molar-refractivity contribution is -0.0106. The number of thiazole rings is 1. The maximum atomic E-state index is 5.55. The van der Waals surface area contributed by atoms with E-state index in [1.54, 1.807) is 12.5 Å². The van der Waals surface area contributed by atoms with Crippen LogP contribution in [-0.2, 0) is 10.3 Å². The molecule has 0 fully saturated rings. The molecule has 0 radical (unpaired) electrons. The Morgan fingerprint density at radius 2 is 2.29 bits per heavy atom. The molecule has 0 bridgehead atoms. The standard InChI is InChI=1S/C10H14N4O2S/c1-4-10(2,15-3)8-13-7(16-14-8)6-5-17-9(11)12-6/h5H,4H2,1-3H3,(H2,11,12). The molecule has 2 heterocycles. The summed E-state index contributed by atoms with van der Waals surface area (Å²) in [4.78, 5) is 8.38. The van der Waals surface area contributed by atoms with Gasteiger partial charge in [0.05, 0.1) is 0 Å². The lowest BCUT2D eigenvalue weighted by Gasteiger charge is -2.21. The lowest BCUT2D eigenvalue weighted by atomic mass is 10.0. The molecule has 17 heavy (non-hydrogen) atoms. The average molecular weight is 254 g/mol. The van der Waals surface area contributed by atoms with Crippen molar-refractivity contribution in [3.8, 4) is 11.6 Å². The molecule has 0 aliphatic carbocycles. The summed E-state index contributed by atoms with van der Waals surface area (Å²) in [5, 5.41) is 6.19. The fourth-order valence-electron chi connectivity index (χ4n) is 1.32. The highest BCUT2D eigenvalue weighted by Crippen LogP contribution is 2.28. The summed E-state index contributed by atoms with van der Waals surface area (Å²) in [6, 6.07) is 0. The van der Waals surface area contributed by atoms with Crippen molar-refractivity contribution in [2.45, 2.75) is 25.9 Å². The summed E-state index contributed by atoms with van der Waals surface area (Å²) < 4.78 is 10.6. The van der Waals surface area contributed by atoms with E-state index in [1.807, 2.05) is 13.8 Å². The van der Waals surface area contributed by atoms with Gasteiger partial charge < -0.3 is 15.0 Å². The Morgan fingerprint density at radius 3 is 2.82 bits per heavy atom. The first-order valence-electron chi connectivity index (χ1n) is 5.19. The van der Waals surface area contributed by atoms with E-state index in [1.165, 1.54) is 11.3 Å². The van der Waals surface area contributed by atoms with Crippen LogP contribution in [0.2, 0.25) is 0 Å². The van der Waals surface area contributed by atoms with Crippen LogP contribution in [0.25, 0.3) is 11.6 Å². The van der Waals surface area contributed by atoms with Gasteiger partial charge in [-0.15, -0.1) is 11.3 Å². The summed E-state index contributed by atoms with van der Waals surface area (Å²) >= 11 is 1.34. The number of nitrogens with two attached hydrogens (primary N) is 1. The third kappa shape index (κ3) is 2.16. The number of aromatic nitrogens is 3. The van der Waals surface area contributed by atoms with Gasteiger partial charge in [-0.25, -0.2) is 4.98 Å². The molecule has 6 nitrogen and oxygen atoms in total. The Morgan fingerprint density at radius 1 is 1.53 bits per heavy atom. The van der Waals surface area contributed by atoms with Crippen LogP contribution in [0.4, 0.5) is 5.13 Å². The molecule has 1 unspecified atom stereocenters. The first kappa shape index (κ1) is 12.0. The van der Waals surface area contributed by atoms with E-state index in [0.29, 0.717) is 22.5 Å². The molecule has 2 rings (SSSR count). The molecule has 2 N–H and O–H groups in total. The maximum Gasteiger partial charge on any atom is 0.277 e. The number of nitrogen functional groups attached to an aromatic ring is 1. The van der Waals surface area contributed by atoms with Crippen LogP contribution >= 0.6 is 11.3 Å². The van der Waals surface area contributed by atoms with Crippen LogP contribution in [0.5, 0.6) is 0 Å². The van der Waals surface area contributed by atoms with Gasteiger partial charge in [0, 0.05) is 12.5 Å². The van der Waals surface area contributed by atoms with Crippen LogP contribution in [0.3, 0.4) is 0 Å². The van der Waals surface area contributed by atoms with E-state index in [-0.39, 0.29) is 0 Å². The molecule has 7 heteroatoms. The van der Waals surface area contributed by atoms with Crippen molar-refractivity contribution < 1.29 is 9.26 Å². The van der Waals surface area contributed by atoms with Crippen LogP contribution in [0, 0.1) is 0 Å². The minimum absolute atomic E-state index is 0.365. The van der Waals surface area contributed by atoms with Crippen LogP contribution in [0.1, 0.15) is 26.1 Å². The number of hydrogen-bond donors (Lipinski definition) is 1. The van der Waals surface area contributed by atoms with Gasteiger partial charge in [-0.05, 0) is 13.3 Å². The average Bonchev–Trinajstić information content (AvgIpc) is 2.96. The summed E-state index contributed by atoms with van der Waals surface area (Å²) in [6.45, 7) is 3.91. The monoisotopic (exact) mass is 254 g/mol. The summed E-state index contributed by atoms with van der Waals surface area (Å²) in [5.41, 5.74) is 5.61. The third-order valence-electron chi connectivity index (χ3n) is 2.77. The fourth-order valence-corrected chi connectivity index (χ4v) is 1.86. The lowest BCUT2D eigenvalue weighted by Crippen LogP contribution is -2.24. The zero-order chi connectivity index (χ0) is 12.5. The molecule has 2 aromatic rings. The predicted octanol–water partition coefficient (Wildman–Crippen LogP) is 2.05. The summed E-state index contributed by atoms with van der Waals surface area (Å²) in [5.74, 6) is 0.883. The molecule has 0 aromatic carbocycles. The van der Waals surface area contributed by atoms with Crippen molar-refractivity contribution in [2.24, 2.45) is 0 Å². The second kappa shape index (κ2) is 4.42. The van der Waals surface area contributed by atoms with Crippen LogP contribution < -0.4 is 5.73 Å². The SMILES string of the molecule is CCC(C)(OC)c1noc(-c2csc(N)n2)n1. The summed E-state index contributed by atoms with van der Waals surface area (Å²) in [7, 11) is 1.63. The smallest absolute Gasteiger partial charge is 0.277 e. The molecule has 92 valence electrons. The van der Waals surface area contributed by atoms with E-state index < -0.39 is 5.60 Å². The van der Waals surface area contributed by atoms with Crippen molar-refractivity contribution in [1.82, 2.24) is 15.1 Å². The van der Waals surface area contributed by atoms with Crippen molar-refractivity contribution in [2.75, 3.05) is 12.8 Å². The topological polar surface area (TPSA) is 87.1 Å². The van der Waals surface area contributed by atoms with E-state index in [4.69, 9.17) is 15.0 Å². The molecular weight excluding hydrogens is 240 g/mol. The van der Waals surface area contributed by atoms with E-state index >= 15 is 0 Å². The zero-order valence-electron chi connectivity index (χ0n) is 9.93. The number of anilines is 1. The second-order valence-electron chi connectivity index (χ2n) is 3.78. The van der Waals surface area contributed by atoms with Gasteiger partial charge in [-0.3, -0.25) is 0 Å². The normalized spacial score (nSPS) is 14.8. The Kier molecular flexibility index (Phi) is 3.12. The molecule has 0 saturated carbocycles. The number of methoxy groups -OCH3 is 1. The molecule has 1 atom stereocenters. The Bertz CT molecular complexity index is 504. The minimum atomic E-state index is -0.538. The zero-order valence-corrected chi connectivity index (χ0v) is 10.7. The minimum Gasteiger partial charge on any atom is -0.375 e. The molecule has 0 spiro atoms. The highest BCUT2D eigenvalue weighted by molar-refractivity contribution is 7.13. The molecule has 0 saturated heterocycles. The number of hydrogen-bond acceptors (Lipinski definition) is 7. The quantitative estimate of drug-likeness (QED) is 0.898. The molecule has 0 aliphatic rings. The second-order valence-corrected chi connectivity index (χ2v) is 4.67. The van der Waals surface area contributed by atoms with E-state index in [0.717, 1.165) is 6.42 Å². The Hall–Kier alpha value is -1.47. The van der Waals surface area contributed by atoms with Crippen molar-refractivity contribution in [1.29, 1.82) is 0 Å². The highest BCUT2D eigenvalue weighted by atomic mass is 32.1. The van der Waals surface area contributed by atoms with Gasteiger partial charge >= 0.3 is 0 Å². The molecule has 2 aromatic heterocycles. The first-order valence-corrected chi connectivity index (χ1v) is 6.07. The van der Waals surface area contributed by atoms with Gasteiger partial charge in [0.2, 0.25) is 5.82 Å². The number of rotatable bonds is 4. The van der Waals surface area contributed by atoms with Crippen LogP contribution in [0.15, 0.2) is 9.90 Å². The van der Waals surface area contributed by atoms with Gasteiger partial charge in [0.25, 0.3) is 5.89 Å². The van der Waals surface area contributed by atoms with Crippen molar-refractivity contribution in [3.05, 3.63) is 11.2 Å². The van der Waals surface area contributed by atoms with E-state index in [9.17, 15) is 0 Å². The molecule has 0 aliphatic heterocycles. The van der Waals surface area contributed by atoms with Gasteiger partial charge in [0.1, 0.15) is 11.3 Å². The van der Waals surface area contributed by atoms with Crippen molar-refractivity contribution >= 4 is 16.5 Å². The van der Waals surface area contributed by atoms with Gasteiger partial charge in [-0.1, -0.05) is 12.1 Å². The third-order valence-corrected chi connectivity index (χ3v) is 3.44. The van der Waals surface area contributed by atoms with Crippen LogP contribution in [-0.4, -0.2) is 22.2 Å². The predicted molar refractivity (Wildman–Crippen MR) is 64.5 cm³/mol. The number of ether oxygens (including phenoxy) is 1. The van der Waals surface area contributed by atoms with E-state index in [2.05, 4.69) is 15.1 Å². The maximum absolute atomic E-state index is 5.55. The number of nitrogens with zero attached hydrogens (tertiary/aromatic N) is 3. The Labute approximate surface area is 103 Å². The first-order chi connectivity index (χ1) is 8.09. The van der Waals surface area contributed by atoms with Gasteiger partial charge in [0.15, 0.2) is 5.13 Å². The van der Waals surface area contributed by atoms with Crippen molar-refractivity contribution in [3.63, 3.8) is 0 Å². The highest BCUT2D eigenvalue weighted by Gasteiger charge is 2.30. The molecular formula is C10H14N4O2S. The Balaban J connectivity index is 2.33.